The molecule has 1 heterocycles. The monoisotopic (exact) mass is 532 g/mol. The fourth-order valence-corrected chi connectivity index (χ4v) is 2.77. The number of aliphatic hydroxyl groups excluding tert-OH is 1. The van der Waals surface area contributed by atoms with E-state index in [1.165, 1.54) is 5.57 Å². The van der Waals surface area contributed by atoms with Crippen molar-refractivity contribution in [2.45, 2.75) is 122 Å². The Morgan fingerprint density at radius 1 is 0.895 bits per heavy atom. The minimum Gasteiger partial charge on any atom is -0.388 e. The van der Waals surface area contributed by atoms with E-state index in [1.54, 1.807) is 18.2 Å². The van der Waals surface area contributed by atoms with Gasteiger partial charge in [0.1, 0.15) is 0 Å². The summed E-state index contributed by atoms with van der Waals surface area (Å²) in [5.41, 5.74) is 3.03. The number of aliphatic hydroxyl groups is 1. The van der Waals surface area contributed by atoms with Crippen molar-refractivity contribution < 1.29 is 9.90 Å². The van der Waals surface area contributed by atoms with Crippen molar-refractivity contribution in [3.63, 3.8) is 0 Å². The van der Waals surface area contributed by atoms with Crippen molar-refractivity contribution in [1.29, 1.82) is 0 Å². The van der Waals surface area contributed by atoms with Crippen LogP contribution in [0.3, 0.4) is 0 Å². The van der Waals surface area contributed by atoms with Crippen LogP contribution in [0.2, 0.25) is 0 Å². The average molecular weight is 532 g/mol. The van der Waals surface area contributed by atoms with Crippen molar-refractivity contribution in [3.8, 4) is 0 Å². The molecule has 1 amide bonds. The van der Waals surface area contributed by atoms with Crippen LogP contribution < -0.4 is 0 Å². The molecular formula is C35H65NO2. The number of amides is 1. The molecule has 1 saturated heterocycles. The normalized spacial score (nSPS) is 14.9. The number of carbonyl (C=O) groups is 1. The van der Waals surface area contributed by atoms with Crippen molar-refractivity contribution in [2.75, 3.05) is 0 Å². The lowest BCUT2D eigenvalue weighted by molar-refractivity contribution is -0.140. The van der Waals surface area contributed by atoms with Crippen molar-refractivity contribution in [1.82, 2.24) is 4.90 Å². The highest BCUT2D eigenvalue weighted by molar-refractivity contribution is 5.87. The lowest BCUT2D eigenvalue weighted by atomic mass is 9.92. The molecule has 38 heavy (non-hydrogen) atoms. The molecule has 1 rings (SSSR count). The van der Waals surface area contributed by atoms with E-state index >= 15 is 0 Å². The predicted molar refractivity (Wildman–Crippen MR) is 178 cm³/mol. The molecule has 1 aliphatic heterocycles. The zero-order valence-electron chi connectivity index (χ0n) is 27.8. The second kappa shape index (κ2) is 41.5. The molecule has 0 bridgehead atoms. The number of likely N-dealkylation sites (tertiary alicyclic amines) is 1. The lowest BCUT2D eigenvalue weighted by Gasteiger charge is -2.42. The van der Waals surface area contributed by atoms with Gasteiger partial charge in [-0.1, -0.05) is 130 Å². The average Bonchev–Trinajstić information content (AvgIpc) is 2.98. The second-order valence-corrected chi connectivity index (χ2v) is 6.41. The number of β-lactam (4-membered cyclic amide) rings is 1. The van der Waals surface area contributed by atoms with Crippen LogP contribution in [0, 0.1) is 0 Å². The Kier molecular flexibility index (Phi) is 52.8. The van der Waals surface area contributed by atoms with E-state index in [9.17, 15) is 9.90 Å². The first-order valence-corrected chi connectivity index (χ1v) is 14.5. The third kappa shape index (κ3) is 23.7. The molecule has 0 aromatic rings. The van der Waals surface area contributed by atoms with E-state index in [0.29, 0.717) is 6.42 Å². The Morgan fingerprint density at radius 2 is 1.37 bits per heavy atom. The highest BCUT2D eigenvalue weighted by Gasteiger charge is 2.38. The molecule has 1 aliphatic rings. The third-order valence-electron chi connectivity index (χ3n) is 4.34. The SMILES string of the molecule is C=C/C(=C\C)N1C(=O)CC1C(/C=C\C)=C/C.C=C/C=C\C(=C/C)C(O)CC.C=CC.CC.CC.CC.CC. The summed E-state index contributed by atoms with van der Waals surface area (Å²) in [7, 11) is 0. The molecule has 0 aromatic carbocycles. The quantitative estimate of drug-likeness (QED) is 0.192. The van der Waals surface area contributed by atoms with Gasteiger partial charge in [0.25, 0.3) is 0 Å². The predicted octanol–water partition coefficient (Wildman–Crippen LogP) is 10.9. The molecule has 2 unspecified atom stereocenters. The second-order valence-electron chi connectivity index (χ2n) is 6.41. The van der Waals surface area contributed by atoms with Gasteiger partial charge in [-0.25, -0.2) is 0 Å². The third-order valence-corrected chi connectivity index (χ3v) is 4.34. The number of rotatable bonds is 8. The lowest BCUT2D eigenvalue weighted by Crippen LogP contribution is -2.52. The van der Waals surface area contributed by atoms with E-state index in [1.807, 2.05) is 132 Å². The minimum atomic E-state index is -0.337. The van der Waals surface area contributed by atoms with Crippen molar-refractivity contribution in [2.24, 2.45) is 0 Å². The van der Waals surface area contributed by atoms with Crippen LogP contribution in [0.5, 0.6) is 0 Å². The van der Waals surface area contributed by atoms with Gasteiger partial charge in [-0.15, -0.1) is 6.58 Å². The van der Waals surface area contributed by atoms with Crippen LogP contribution in [0.4, 0.5) is 0 Å². The van der Waals surface area contributed by atoms with Gasteiger partial charge in [-0.2, -0.15) is 0 Å². The highest BCUT2D eigenvalue weighted by atomic mass is 16.3. The maximum atomic E-state index is 11.6. The Morgan fingerprint density at radius 3 is 1.63 bits per heavy atom. The molecule has 0 saturated carbocycles. The fraction of sp³-hybridized carbons (Fsp3) is 0.514. The van der Waals surface area contributed by atoms with Gasteiger partial charge in [0.05, 0.1) is 18.6 Å². The molecule has 2 atom stereocenters. The molecular weight excluding hydrogens is 466 g/mol. The smallest absolute Gasteiger partial charge is 0.230 e. The van der Waals surface area contributed by atoms with Gasteiger partial charge in [0.15, 0.2) is 0 Å². The van der Waals surface area contributed by atoms with Gasteiger partial charge in [-0.05, 0) is 58.3 Å². The Hall–Kier alpha value is -2.65. The van der Waals surface area contributed by atoms with E-state index in [4.69, 9.17) is 0 Å². The first kappa shape index (κ1) is 48.4. The van der Waals surface area contributed by atoms with Crippen molar-refractivity contribution >= 4 is 5.91 Å². The van der Waals surface area contributed by atoms with E-state index < -0.39 is 0 Å². The molecule has 3 heteroatoms. The summed E-state index contributed by atoms with van der Waals surface area (Å²) in [6, 6.07) is 0.179. The number of hydrogen-bond acceptors (Lipinski definition) is 2. The van der Waals surface area contributed by atoms with Crippen LogP contribution in [0.1, 0.15) is 110 Å². The maximum Gasteiger partial charge on any atom is 0.230 e. The Balaban J connectivity index is -0.000000101. The van der Waals surface area contributed by atoms with Crippen LogP contribution in [-0.4, -0.2) is 28.1 Å². The van der Waals surface area contributed by atoms with Crippen molar-refractivity contribution in [3.05, 3.63) is 97.3 Å². The summed E-state index contributed by atoms with van der Waals surface area (Å²) in [4.78, 5) is 13.4. The summed E-state index contributed by atoms with van der Waals surface area (Å²) < 4.78 is 0. The van der Waals surface area contributed by atoms with Crippen LogP contribution >= 0.6 is 0 Å². The van der Waals surface area contributed by atoms with Gasteiger partial charge in [-0.3, -0.25) is 4.79 Å². The number of nitrogens with zero attached hydrogens (tertiary/aromatic N) is 1. The molecule has 222 valence electrons. The largest absolute Gasteiger partial charge is 0.388 e. The summed E-state index contributed by atoms with van der Waals surface area (Å²) >= 11 is 0. The fourth-order valence-electron chi connectivity index (χ4n) is 2.77. The van der Waals surface area contributed by atoms with Gasteiger partial charge in [0.2, 0.25) is 5.91 Å². The van der Waals surface area contributed by atoms with Crippen LogP contribution in [-0.2, 0) is 4.79 Å². The molecule has 0 aromatic heterocycles. The zero-order valence-corrected chi connectivity index (χ0v) is 27.8. The minimum absolute atomic E-state index is 0.168. The Bertz CT molecular complexity index is 691. The molecule has 0 spiro atoms. The molecule has 1 fully saturated rings. The summed E-state index contributed by atoms with van der Waals surface area (Å²) in [5, 5.41) is 9.39. The van der Waals surface area contributed by atoms with Crippen LogP contribution in [0.25, 0.3) is 0 Å². The van der Waals surface area contributed by atoms with Gasteiger partial charge in [0, 0.05) is 5.70 Å². The Labute approximate surface area is 239 Å². The van der Waals surface area contributed by atoms with Gasteiger partial charge >= 0.3 is 0 Å². The highest BCUT2D eigenvalue weighted by Crippen LogP contribution is 2.31. The summed E-state index contributed by atoms with van der Waals surface area (Å²) in [6.07, 6.45) is 19.8. The number of carbonyl (C=O) groups excluding carboxylic acids is 1. The molecule has 1 N–H and O–H groups in total. The maximum absolute atomic E-state index is 11.6. The topological polar surface area (TPSA) is 40.5 Å². The first-order valence-electron chi connectivity index (χ1n) is 14.5. The number of allylic oxidation sites excluding steroid dienone is 8. The summed E-state index contributed by atoms with van der Waals surface area (Å²) in [6.45, 7) is 38.3. The standard InChI is InChI=1S/C14H19NO.C10H16O.C3H6.4C2H6/c1-5-9-11(6-2)13-10-14(16)15(13)12(7-3)8-4;1-4-7-8-9(5-2)10(11)6-3;1-3-2;4*1-2/h5-9,13H,3,10H2,1-2,4H3;4-5,7-8,10-11H,1,6H2,2-3H3;3H,1H2,2H3;4*1-2H3/b9-5-,11-6+,12-8+;8-7-,9-5+;;;;;. The molecule has 0 aliphatic carbocycles. The molecule has 0 radical (unpaired) electrons. The van der Waals surface area contributed by atoms with Gasteiger partial charge < -0.3 is 10.0 Å². The number of hydrogen-bond donors (Lipinski definition) is 1. The van der Waals surface area contributed by atoms with E-state index in [-0.39, 0.29) is 18.1 Å². The molecule has 3 nitrogen and oxygen atoms in total. The van der Waals surface area contributed by atoms with Crippen LogP contribution in [0.15, 0.2) is 97.3 Å². The van der Waals surface area contributed by atoms with E-state index in [2.05, 4.69) is 31.9 Å². The van der Waals surface area contributed by atoms with E-state index in [0.717, 1.165) is 17.7 Å². The zero-order chi connectivity index (χ0) is 31.5. The summed E-state index contributed by atoms with van der Waals surface area (Å²) in [5.74, 6) is 0.168. The first-order chi connectivity index (χ1) is 18.4.